The molecule has 0 bridgehead atoms. The van der Waals surface area contributed by atoms with Crippen molar-refractivity contribution in [3.63, 3.8) is 0 Å². The molecule has 2 aromatic rings. The highest BCUT2D eigenvalue weighted by Crippen LogP contribution is 2.09. The monoisotopic (exact) mass is 275 g/mol. The number of hydrogen-bond acceptors (Lipinski definition) is 3. The smallest absolute Gasteiger partial charge is 0.251 e. The summed E-state index contributed by atoms with van der Waals surface area (Å²) in [5.74, 6) is 0.188. The van der Waals surface area contributed by atoms with Crippen molar-refractivity contribution in [1.29, 1.82) is 0 Å². The number of amides is 1. The van der Waals surface area contributed by atoms with Crippen molar-refractivity contribution in [3.05, 3.63) is 58.7 Å². The van der Waals surface area contributed by atoms with Gasteiger partial charge in [-0.05, 0) is 36.2 Å². The molecular formula is C14H14ClN3O. The van der Waals surface area contributed by atoms with Crippen LogP contribution in [-0.4, -0.2) is 17.4 Å². The largest absolute Gasteiger partial charge is 0.384 e. The van der Waals surface area contributed by atoms with Crippen molar-refractivity contribution in [3.8, 4) is 0 Å². The van der Waals surface area contributed by atoms with Gasteiger partial charge in [0, 0.05) is 23.3 Å². The third kappa shape index (κ3) is 3.96. The molecule has 4 nitrogen and oxygen atoms in total. The molecule has 0 spiro atoms. The zero-order chi connectivity index (χ0) is 13.7. The van der Waals surface area contributed by atoms with Gasteiger partial charge >= 0.3 is 0 Å². The first kappa shape index (κ1) is 13.4. The Kier molecular flexibility index (Phi) is 4.36. The highest BCUT2D eigenvalue weighted by molar-refractivity contribution is 6.30. The van der Waals surface area contributed by atoms with Crippen LogP contribution in [0.4, 0.5) is 5.82 Å². The lowest BCUT2D eigenvalue weighted by Crippen LogP contribution is -2.25. The molecule has 0 aliphatic carbocycles. The zero-order valence-corrected chi connectivity index (χ0v) is 11.0. The van der Waals surface area contributed by atoms with E-state index in [-0.39, 0.29) is 5.91 Å². The normalized spacial score (nSPS) is 10.2. The fraction of sp³-hybridized carbons (Fsp3) is 0.143. The molecule has 1 aromatic carbocycles. The minimum Gasteiger partial charge on any atom is -0.384 e. The molecule has 0 saturated heterocycles. The molecule has 5 heteroatoms. The zero-order valence-electron chi connectivity index (χ0n) is 10.3. The molecular weight excluding hydrogens is 262 g/mol. The van der Waals surface area contributed by atoms with Gasteiger partial charge in [0.25, 0.3) is 5.91 Å². The first-order valence-corrected chi connectivity index (χ1v) is 6.27. The number of benzene rings is 1. The molecule has 0 saturated carbocycles. The second kappa shape index (κ2) is 6.20. The molecule has 98 valence electrons. The Labute approximate surface area is 116 Å². The fourth-order valence-electron chi connectivity index (χ4n) is 1.66. The second-order valence-corrected chi connectivity index (χ2v) is 4.54. The summed E-state index contributed by atoms with van der Waals surface area (Å²) in [6.45, 7) is 0.558. The van der Waals surface area contributed by atoms with Gasteiger partial charge in [0.15, 0.2) is 0 Å². The van der Waals surface area contributed by atoms with Crippen LogP contribution in [0, 0.1) is 0 Å². The third-order valence-electron chi connectivity index (χ3n) is 2.66. The SMILES string of the molecule is Nc1cc(C(=O)NCCc2ccc(Cl)cc2)ccn1. The molecule has 0 unspecified atom stereocenters. The van der Waals surface area contributed by atoms with Crippen LogP contribution in [0.25, 0.3) is 0 Å². The summed E-state index contributed by atoms with van der Waals surface area (Å²) < 4.78 is 0. The molecule has 0 aliphatic heterocycles. The number of aromatic nitrogens is 1. The maximum absolute atomic E-state index is 11.8. The van der Waals surface area contributed by atoms with Crippen LogP contribution >= 0.6 is 11.6 Å². The molecule has 0 radical (unpaired) electrons. The van der Waals surface area contributed by atoms with E-state index in [2.05, 4.69) is 10.3 Å². The van der Waals surface area contributed by atoms with Crippen LogP contribution in [0.1, 0.15) is 15.9 Å². The van der Waals surface area contributed by atoms with Crippen molar-refractivity contribution < 1.29 is 4.79 Å². The molecule has 1 amide bonds. The minimum absolute atomic E-state index is 0.150. The molecule has 2 rings (SSSR count). The number of carbonyl (C=O) groups is 1. The van der Waals surface area contributed by atoms with Crippen LogP contribution in [0.2, 0.25) is 5.02 Å². The third-order valence-corrected chi connectivity index (χ3v) is 2.91. The lowest BCUT2D eigenvalue weighted by Gasteiger charge is -2.06. The first-order chi connectivity index (χ1) is 9.15. The van der Waals surface area contributed by atoms with E-state index in [9.17, 15) is 4.79 Å². The summed E-state index contributed by atoms with van der Waals surface area (Å²) in [6, 6.07) is 10.7. The topological polar surface area (TPSA) is 68.0 Å². The van der Waals surface area contributed by atoms with Gasteiger partial charge in [-0.25, -0.2) is 4.98 Å². The molecule has 19 heavy (non-hydrogen) atoms. The number of halogens is 1. The quantitative estimate of drug-likeness (QED) is 0.900. The number of carbonyl (C=O) groups excluding carboxylic acids is 1. The number of nitrogens with two attached hydrogens (primary N) is 1. The van der Waals surface area contributed by atoms with E-state index < -0.39 is 0 Å². The molecule has 0 atom stereocenters. The maximum Gasteiger partial charge on any atom is 0.251 e. The number of nitrogens with zero attached hydrogens (tertiary/aromatic N) is 1. The average Bonchev–Trinajstić information content (AvgIpc) is 2.41. The van der Waals surface area contributed by atoms with E-state index in [0.717, 1.165) is 12.0 Å². The van der Waals surface area contributed by atoms with Crippen LogP contribution in [-0.2, 0) is 6.42 Å². The van der Waals surface area contributed by atoms with E-state index in [4.69, 9.17) is 17.3 Å². The Morgan fingerprint density at radius 1 is 1.26 bits per heavy atom. The number of nitrogens with one attached hydrogen (secondary N) is 1. The van der Waals surface area contributed by atoms with E-state index >= 15 is 0 Å². The molecule has 0 aliphatic rings. The van der Waals surface area contributed by atoms with E-state index in [1.165, 1.54) is 6.20 Å². The Balaban J connectivity index is 1.86. The second-order valence-electron chi connectivity index (χ2n) is 4.10. The van der Waals surface area contributed by atoms with Crippen molar-refractivity contribution in [2.45, 2.75) is 6.42 Å². The predicted molar refractivity (Wildman–Crippen MR) is 76.1 cm³/mol. The summed E-state index contributed by atoms with van der Waals surface area (Å²) in [5, 5.41) is 3.54. The van der Waals surface area contributed by atoms with Crippen LogP contribution < -0.4 is 11.1 Å². The Morgan fingerprint density at radius 2 is 2.00 bits per heavy atom. The van der Waals surface area contributed by atoms with Gasteiger partial charge in [-0.1, -0.05) is 23.7 Å². The summed E-state index contributed by atoms with van der Waals surface area (Å²) in [7, 11) is 0. The van der Waals surface area contributed by atoms with Gasteiger partial charge in [-0.15, -0.1) is 0 Å². The number of anilines is 1. The van der Waals surface area contributed by atoms with E-state index in [0.29, 0.717) is 22.9 Å². The Bertz CT molecular complexity index is 569. The van der Waals surface area contributed by atoms with Gasteiger partial charge < -0.3 is 11.1 Å². The van der Waals surface area contributed by atoms with Gasteiger partial charge in [0.05, 0.1) is 0 Å². The van der Waals surface area contributed by atoms with Crippen molar-refractivity contribution in [2.24, 2.45) is 0 Å². The Hall–Kier alpha value is -2.07. The van der Waals surface area contributed by atoms with Crippen molar-refractivity contribution in [2.75, 3.05) is 12.3 Å². The van der Waals surface area contributed by atoms with Gasteiger partial charge in [-0.3, -0.25) is 4.79 Å². The Morgan fingerprint density at radius 3 is 2.68 bits per heavy atom. The van der Waals surface area contributed by atoms with Gasteiger partial charge in [0.1, 0.15) is 5.82 Å². The van der Waals surface area contributed by atoms with Crippen LogP contribution in [0.3, 0.4) is 0 Å². The fourth-order valence-corrected chi connectivity index (χ4v) is 1.79. The summed E-state index contributed by atoms with van der Waals surface area (Å²) in [4.78, 5) is 15.7. The number of nitrogen functional groups attached to an aromatic ring is 1. The van der Waals surface area contributed by atoms with Crippen molar-refractivity contribution in [1.82, 2.24) is 10.3 Å². The maximum atomic E-state index is 11.8. The van der Waals surface area contributed by atoms with Crippen LogP contribution in [0.5, 0.6) is 0 Å². The molecule has 1 aromatic heterocycles. The first-order valence-electron chi connectivity index (χ1n) is 5.89. The standard InChI is InChI=1S/C14H14ClN3O/c15-12-3-1-10(2-4-12)5-7-18-14(19)11-6-8-17-13(16)9-11/h1-4,6,8-9H,5,7H2,(H2,16,17)(H,18,19). The van der Waals surface area contributed by atoms with Gasteiger partial charge in [-0.2, -0.15) is 0 Å². The summed E-state index contributed by atoms with van der Waals surface area (Å²) in [5.41, 5.74) is 7.17. The van der Waals surface area contributed by atoms with Gasteiger partial charge in [0.2, 0.25) is 0 Å². The van der Waals surface area contributed by atoms with E-state index in [1.54, 1.807) is 12.1 Å². The highest BCUT2D eigenvalue weighted by Gasteiger charge is 2.05. The number of pyridine rings is 1. The summed E-state index contributed by atoms with van der Waals surface area (Å²) >= 11 is 5.80. The minimum atomic E-state index is -0.150. The number of rotatable bonds is 4. The average molecular weight is 276 g/mol. The van der Waals surface area contributed by atoms with E-state index in [1.807, 2.05) is 24.3 Å². The lowest BCUT2D eigenvalue weighted by molar-refractivity contribution is 0.0954. The van der Waals surface area contributed by atoms with Crippen molar-refractivity contribution >= 4 is 23.3 Å². The molecule has 1 heterocycles. The lowest BCUT2D eigenvalue weighted by atomic mass is 10.1. The molecule has 0 fully saturated rings. The summed E-state index contributed by atoms with van der Waals surface area (Å²) in [6.07, 6.45) is 2.27. The molecule has 3 N–H and O–H groups in total. The number of hydrogen-bond donors (Lipinski definition) is 2. The highest BCUT2D eigenvalue weighted by atomic mass is 35.5. The predicted octanol–water partition coefficient (Wildman–Crippen LogP) is 2.29. The van der Waals surface area contributed by atoms with Crippen LogP contribution in [0.15, 0.2) is 42.6 Å².